The Hall–Kier alpha value is -2.32. The Morgan fingerprint density at radius 2 is 2.00 bits per heavy atom. The monoisotopic (exact) mass is 352 g/mol. The number of hydrogen-bond acceptors (Lipinski definition) is 4. The van der Waals surface area contributed by atoms with Crippen LogP contribution in [0.1, 0.15) is 33.6 Å². The van der Waals surface area contributed by atoms with E-state index in [4.69, 9.17) is 5.73 Å². The summed E-state index contributed by atoms with van der Waals surface area (Å²) in [5.41, 5.74) is 3.87. The van der Waals surface area contributed by atoms with Gasteiger partial charge in [0.2, 0.25) is 5.91 Å². The first-order chi connectivity index (χ1) is 11.6. The van der Waals surface area contributed by atoms with Gasteiger partial charge in [-0.15, -0.1) is 0 Å². The second-order valence-corrected chi connectivity index (χ2v) is 7.52. The van der Waals surface area contributed by atoms with E-state index >= 15 is 0 Å². The van der Waals surface area contributed by atoms with Gasteiger partial charge in [-0.3, -0.25) is 19.9 Å². The van der Waals surface area contributed by atoms with Crippen LogP contribution in [0.4, 0.5) is 4.79 Å². The van der Waals surface area contributed by atoms with Crippen molar-refractivity contribution >= 4 is 23.8 Å². The van der Waals surface area contributed by atoms with Crippen LogP contribution in [-0.4, -0.2) is 60.9 Å². The summed E-state index contributed by atoms with van der Waals surface area (Å²) in [7, 11) is 1.69. The zero-order valence-electron chi connectivity index (χ0n) is 15.3. The number of aliphatic imine (C=N–C) groups is 1. The number of primary amides is 1. The van der Waals surface area contributed by atoms with E-state index in [9.17, 15) is 14.4 Å². The number of amides is 4. The molecule has 1 unspecified atom stereocenters. The van der Waals surface area contributed by atoms with Gasteiger partial charge in [0.25, 0.3) is 5.91 Å². The molecule has 2 aliphatic heterocycles. The predicted octanol–water partition coefficient (Wildman–Crippen LogP) is -0.617. The van der Waals surface area contributed by atoms with Crippen LogP contribution in [0.15, 0.2) is 4.99 Å². The molecule has 0 aromatic heterocycles. The van der Waals surface area contributed by atoms with Crippen LogP contribution >= 0.6 is 0 Å². The molecule has 140 valence electrons. The van der Waals surface area contributed by atoms with Crippen LogP contribution in [0, 0.1) is 11.3 Å². The molecule has 5 N–H and O–H groups in total. The number of guanidine groups is 1. The van der Waals surface area contributed by atoms with Crippen LogP contribution < -0.4 is 21.7 Å². The number of imide groups is 1. The number of urea groups is 1. The van der Waals surface area contributed by atoms with E-state index in [0.29, 0.717) is 25.6 Å². The molecule has 0 spiro atoms. The molecule has 0 radical (unpaired) electrons. The summed E-state index contributed by atoms with van der Waals surface area (Å²) in [5.74, 6) is 0.139. The quantitative estimate of drug-likeness (QED) is 0.305. The molecule has 1 atom stereocenters. The molecule has 0 aliphatic carbocycles. The highest BCUT2D eigenvalue weighted by atomic mass is 16.2. The van der Waals surface area contributed by atoms with Gasteiger partial charge >= 0.3 is 6.03 Å². The van der Waals surface area contributed by atoms with Crippen molar-refractivity contribution in [2.45, 2.75) is 39.2 Å². The van der Waals surface area contributed by atoms with Crippen LogP contribution in [0.3, 0.4) is 0 Å². The average molecular weight is 352 g/mol. The van der Waals surface area contributed by atoms with Gasteiger partial charge in [-0.1, -0.05) is 0 Å². The first-order valence-electron chi connectivity index (χ1n) is 8.49. The molecule has 0 saturated carbocycles. The van der Waals surface area contributed by atoms with Gasteiger partial charge in [-0.25, -0.2) is 4.79 Å². The summed E-state index contributed by atoms with van der Waals surface area (Å²) >= 11 is 0. The highest BCUT2D eigenvalue weighted by Gasteiger charge is 2.48. The van der Waals surface area contributed by atoms with Crippen molar-refractivity contribution < 1.29 is 14.4 Å². The lowest BCUT2D eigenvalue weighted by molar-refractivity contribution is -0.126. The predicted molar refractivity (Wildman–Crippen MR) is 93.7 cm³/mol. The lowest BCUT2D eigenvalue weighted by Gasteiger charge is -2.40. The minimum atomic E-state index is -0.853. The Labute approximate surface area is 147 Å². The van der Waals surface area contributed by atoms with Gasteiger partial charge < -0.3 is 21.3 Å². The normalized spacial score (nSPS) is 25.6. The molecule has 0 aromatic carbocycles. The van der Waals surface area contributed by atoms with Gasteiger partial charge in [0, 0.05) is 26.7 Å². The van der Waals surface area contributed by atoms with E-state index in [2.05, 4.69) is 25.8 Å². The van der Waals surface area contributed by atoms with Gasteiger partial charge in [0.1, 0.15) is 5.54 Å². The fourth-order valence-electron chi connectivity index (χ4n) is 3.23. The smallest absolute Gasteiger partial charge is 0.322 e. The van der Waals surface area contributed by atoms with Crippen LogP contribution in [0.5, 0.6) is 0 Å². The molecular weight excluding hydrogens is 324 g/mol. The number of piperidine rings is 1. The zero-order chi connectivity index (χ0) is 18.8. The minimum Gasteiger partial charge on any atom is -0.369 e. The number of carbonyl (C=O) groups is 3. The van der Waals surface area contributed by atoms with Gasteiger partial charge in [-0.05, 0) is 39.5 Å². The third kappa shape index (κ3) is 3.85. The molecule has 2 saturated heterocycles. The molecule has 9 heteroatoms. The first kappa shape index (κ1) is 19.0. The van der Waals surface area contributed by atoms with E-state index in [1.54, 1.807) is 27.8 Å². The summed E-state index contributed by atoms with van der Waals surface area (Å²) in [6, 6.07) is -0.430. The van der Waals surface area contributed by atoms with Crippen molar-refractivity contribution in [3.8, 4) is 0 Å². The summed E-state index contributed by atoms with van der Waals surface area (Å²) in [6.45, 7) is 7.15. The molecule has 2 heterocycles. The fourth-order valence-corrected chi connectivity index (χ4v) is 3.23. The van der Waals surface area contributed by atoms with Crippen LogP contribution in [-0.2, 0) is 9.59 Å². The van der Waals surface area contributed by atoms with E-state index in [1.165, 1.54) is 0 Å². The molecular formula is C16H28N6O3. The van der Waals surface area contributed by atoms with Crippen molar-refractivity contribution in [1.29, 1.82) is 0 Å². The lowest BCUT2D eigenvalue weighted by Crippen LogP contribution is -2.56. The maximum absolute atomic E-state index is 12.1. The Balaban J connectivity index is 1.93. The fraction of sp³-hybridized carbons (Fsp3) is 0.750. The highest BCUT2D eigenvalue weighted by Crippen LogP contribution is 2.30. The largest absolute Gasteiger partial charge is 0.369 e. The number of nitrogens with two attached hydrogens (primary N) is 1. The molecule has 2 rings (SSSR count). The Morgan fingerprint density at radius 3 is 2.44 bits per heavy atom. The van der Waals surface area contributed by atoms with Crippen molar-refractivity contribution in [1.82, 2.24) is 20.9 Å². The van der Waals surface area contributed by atoms with Crippen LogP contribution in [0.2, 0.25) is 0 Å². The van der Waals surface area contributed by atoms with E-state index in [1.807, 2.05) is 0 Å². The molecule has 2 aliphatic rings. The lowest BCUT2D eigenvalue weighted by atomic mass is 9.79. The number of nitrogens with zero attached hydrogens (tertiary/aromatic N) is 2. The number of rotatable bonds is 4. The maximum atomic E-state index is 12.1. The average Bonchev–Trinajstić information content (AvgIpc) is 2.81. The van der Waals surface area contributed by atoms with Gasteiger partial charge in [0.05, 0.1) is 5.41 Å². The molecule has 0 aromatic rings. The first-order valence-corrected chi connectivity index (χ1v) is 8.49. The SMILES string of the molecule is CN=C(NCC(C)(C)C(N)=O)N1CCC(C2(C)NC(=O)NC2=O)CC1. The molecule has 0 bridgehead atoms. The van der Waals surface area contributed by atoms with E-state index in [-0.39, 0.29) is 17.7 Å². The van der Waals surface area contributed by atoms with Crippen LogP contribution in [0.25, 0.3) is 0 Å². The van der Waals surface area contributed by atoms with Gasteiger partial charge in [0.15, 0.2) is 5.96 Å². The van der Waals surface area contributed by atoms with Gasteiger partial charge in [-0.2, -0.15) is 0 Å². The summed E-state index contributed by atoms with van der Waals surface area (Å²) in [5, 5.41) is 8.26. The number of carbonyl (C=O) groups excluding carboxylic acids is 3. The van der Waals surface area contributed by atoms with E-state index < -0.39 is 17.0 Å². The van der Waals surface area contributed by atoms with Crippen molar-refractivity contribution in [2.75, 3.05) is 26.7 Å². The summed E-state index contributed by atoms with van der Waals surface area (Å²) in [6.07, 6.45) is 1.51. The molecule has 9 nitrogen and oxygen atoms in total. The molecule has 2 fully saturated rings. The second-order valence-electron chi connectivity index (χ2n) is 7.52. The molecule has 25 heavy (non-hydrogen) atoms. The number of nitrogens with one attached hydrogen (secondary N) is 3. The summed E-state index contributed by atoms with van der Waals surface area (Å²) in [4.78, 5) is 41.3. The van der Waals surface area contributed by atoms with E-state index in [0.717, 1.165) is 12.8 Å². The number of likely N-dealkylation sites (tertiary alicyclic amines) is 1. The van der Waals surface area contributed by atoms with Crippen molar-refractivity contribution in [3.63, 3.8) is 0 Å². The highest BCUT2D eigenvalue weighted by molar-refractivity contribution is 6.07. The number of hydrogen-bond donors (Lipinski definition) is 4. The summed E-state index contributed by atoms with van der Waals surface area (Å²) < 4.78 is 0. The maximum Gasteiger partial charge on any atom is 0.322 e. The molecule has 4 amide bonds. The minimum absolute atomic E-state index is 0.0652. The van der Waals surface area contributed by atoms with Crippen molar-refractivity contribution in [3.05, 3.63) is 0 Å². The standard InChI is InChI=1S/C16H28N6O3/c1-15(2,11(17)23)9-19-13(18-4)22-7-5-10(6-8-22)16(3)12(24)20-14(25)21-16/h10H,5-9H2,1-4H3,(H2,17,23)(H,18,19)(H2,20,21,24,25). The van der Waals surface area contributed by atoms with Crippen molar-refractivity contribution in [2.24, 2.45) is 22.1 Å². The zero-order valence-corrected chi connectivity index (χ0v) is 15.3. The Morgan fingerprint density at radius 1 is 1.40 bits per heavy atom. The third-order valence-corrected chi connectivity index (χ3v) is 5.25. The second kappa shape index (κ2) is 6.89. The third-order valence-electron chi connectivity index (χ3n) is 5.25. The Kier molecular flexibility index (Phi) is 5.24. The Bertz CT molecular complexity index is 595. The topological polar surface area (TPSA) is 129 Å².